The van der Waals surface area contributed by atoms with E-state index < -0.39 is 12.1 Å². The molecule has 2 amide bonds. The second-order valence-corrected chi connectivity index (χ2v) is 4.20. The van der Waals surface area contributed by atoms with Crippen LogP contribution in [-0.4, -0.2) is 36.0 Å². The molecule has 0 aromatic heterocycles. The first kappa shape index (κ1) is 12.4. The highest BCUT2D eigenvalue weighted by atomic mass is 16.6. The van der Waals surface area contributed by atoms with Crippen LogP contribution in [0.4, 0.5) is 4.79 Å². The van der Waals surface area contributed by atoms with Crippen LogP contribution in [0.25, 0.3) is 0 Å². The lowest BCUT2D eigenvalue weighted by molar-refractivity contribution is -0.127. The number of hydrogen-bond donors (Lipinski definition) is 1. The Morgan fingerprint density at radius 3 is 2.89 bits per heavy atom. The molecule has 1 aliphatic rings. The Kier molecular flexibility index (Phi) is 3.82. The fourth-order valence-electron chi connectivity index (χ4n) is 1.83. The molecule has 0 aliphatic carbocycles. The van der Waals surface area contributed by atoms with E-state index in [2.05, 4.69) is 5.32 Å². The maximum absolute atomic E-state index is 11.9. The van der Waals surface area contributed by atoms with Crippen LogP contribution in [0.2, 0.25) is 0 Å². The van der Waals surface area contributed by atoms with Gasteiger partial charge < -0.3 is 10.1 Å². The molecule has 0 radical (unpaired) electrons. The highest BCUT2D eigenvalue weighted by molar-refractivity contribution is 5.86. The lowest BCUT2D eigenvalue weighted by atomic mass is 10.2. The molecule has 1 aromatic rings. The van der Waals surface area contributed by atoms with Crippen molar-refractivity contribution in [3.8, 4) is 0 Å². The van der Waals surface area contributed by atoms with Crippen molar-refractivity contribution >= 4 is 12.0 Å². The Balaban J connectivity index is 1.90. The van der Waals surface area contributed by atoms with Gasteiger partial charge in [-0.15, -0.1) is 0 Å². The van der Waals surface area contributed by atoms with Gasteiger partial charge in [-0.1, -0.05) is 30.3 Å². The number of nitrogens with one attached hydrogen (secondary N) is 1. The number of piperazine rings is 1. The number of carbonyl (C=O) groups excluding carboxylic acids is 2. The Morgan fingerprint density at radius 1 is 1.44 bits per heavy atom. The minimum Gasteiger partial charge on any atom is -0.445 e. The molecule has 1 aromatic carbocycles. The zero-order valence-corrected chi connectivity index (χ0v) is 10.3. The van der Waals surface area contributed by atoms with E-state index in [1.165, 1.54) is 4.90 Å². The molecule has 0 saturated carbocycles. The fraction of sp³-hybridized carbons (Fsp3) is 0.385. The molecule has 0 spiro atoms. The van der Waals surface area contributed by atoms with E-state index in [0.29, 0.717) is 13.1 Å². The first-order valence-corrected chi connectivity index (χ1v) is 5.93. The third kappa shape index (κ3) is 2.80. The second kappa shape index (κ2) is 5.53. The number of amides is 2. The maximum atomic E-state index is 11.9. The molecule has 18 heavy (non-hydrogen) atoms. The van der Waals surface area contributed by atoms with Gasteiger partial charge in [-0.05, 0) is 12.5 Å². The summed E-state index contributed by atoms with van der Waals surface area (Å²) in [6.07, 6.45) is -0.443. The lowest BCUT2D eigenvalue weighted by Gasteiger charge is -2.31. The Morgan fingerprint density at radius 2 is 2.17 bits per heavy atom. The molecule has 96 valence electrons. The van der Waals surface area contributed by atoms with Crippen LogP contribution in [0.1, 0.15) is 12.5 Å². The fourth-order valence-corrected chi connectivity index (χ4v) is 1.83. The first-order chi connectivity index (χ1) is 8.68. The summed E-state index contributed by atoms with van der Waals surface area (Å²) < 4.78 is 5.19. The van der Waals surface area contributed by atoms with Crippen LogP contribution in [0.15, 0.2) is 30.3 Å². The minimum atomic E-state index is -0.470. The highest BCUT2D eigenvalue weighted by Gasteiger charge is 2.30. The van der Waals surface area contributed by atoms with E-state index in [0.717, 1.165) is 5.56 Å². The molecule has 5 heteroatoms. The van der Waals surface area contributed by atoms with E-state index in [1.807, 2.05) is 30.3 Å². The largest absolute Gasteiger partial charge is 0.445 e. The van der Waals surface area contributed by atoms with Gasteiger partial charge in [0, 0.05) is 13.1 Å². The van der Waals surface area contributed by atoms with Crippen molar-refractivity contribution in [2.75, 3.05) is 13.1 Å². The average molecular weight is 248 g/mol. The highest BCUT2D eigenvalue weighted by Crippen LogP contribution is 2.08. The Labute approximate surface area is 106 Å². The van der Waals surface area contributed by atoms with Gasteiger partial charge in [-0.2, -0.15) is 0 Å². The molecule has 5 nitrogen and oxygen atoms in total. The van der Waals surface area contributed by atoms with Gasteiger partial charge >= 0.3 is 6.09 Å². The third-order valence-electron chi connectivity index (χ3n) is 2.94. The van der Waals surface area contributed by atoms with E-state index in [-0.39, 0.29) is 12.5 Å². The maximum Gasteiger partial charge on any atom is 0.410 e. The summed E-state index contributed by atoms with van der Waals surface area (Å²) in [5.41, 5.74) is 0.931. The molecule has 1 fully saturated rings. The van der Waals surface area contributed by atoms with Crippen molar-refractivity contribution in [1.82, 2.24) is 10.2 Å². The lowest BCUT2D eigenvalue weighted by Crippen LogP contribution is -2.55. The summed E-state index contributed by atoms with van der Waals surface area (Å²) in [6.45, 7) is 2.88. The number of benzene rings is 1. The summed E-state index contributed by atoms with van der Waals surface area (Å²) in [4.78, 5) is 24.7. The van der Waals surface area contributed by atoms with Gasteiger partial charge in [0.05, 0.1) is 0 Å². The molecule has 0 bridgehead atoms. The van der Waals surface area contributed by atoms with Crippen molar-refractivity contribution < 1.29 is 14.3 Å². The Hall–Kier alpha value is -2.04. The third-order valence-corrected chi connectivity index (χ3v) is 2.94. The molecule has 2 rings (SSSR count). The van der Waals surface area contributed by atoms with Crippen LogP contribution in [-0.2, 0) is 16.1 Å². The predicted octanol–water partition coefficient (Wildman–Crippen LogP) is 1.14. The second-order valence-electron chi connectivity index (χ2n) is 4.20. The van der Waals surface area contributed by atoms with Gasteiger partial charge in [0.1, 0.15) is 12.6 Å². The van der Waals surface area contributed by atoms with Gasteiger partial charge in [-0.25, -0.2) is 4.79 Å². The summed E-state index contributed by atoms with van der Waals surface area (Å²) in [7, 11) is 0. The van der Waals surface area contributed by atoms with Crippen LogP contribution < -0.4 is 5.32 Å². The smallest absolute Gasteiger partial charge is 0.410 e. The summed E-state index contributed by atoms with van der Waals surface area (Å²) in [6, 6.07) is 8.99. The van der Waals surface area contributed by atoms with Crippen molar-refractivity contribution in [3.05, 3.63) is 35.9 Å². The topological polar surface area (TPSA) is 58.6 Å². The SMILES string of the molecule is C[C@@H]1C(=O)NCCN1C(=O)OCc1ccccc1. The molecule has 0 unspecified atom stereocenters. The van der Waals surface area contributed by atoms with Gasteiger partial charge in [0.25, 0.3) is 0 Å². The summed E-state index contributed by atoms with van der Waals surface area (Å²) >= 11 is 0. The predicted molar refractivity (Wildman–Crippen MR) is 65.8 cm³/mol. The van der Waals surface area contributed by atoms with Crippen molar-refractivity contribution in [3.63, 3.8) is 0 Å². The Bertz CT molecular complexity index is 433. The van der Waals surface area contributed by atoms with E-state index >= 15 is 0 Å². The van der Waals surface area contributed by atoms with Crippen molar-refractivity contribution in [2.45, 2.75) is 19.6 Å². The number of rotatable bonds is 2. The van der Waals surface area contributed by atoms with Crippen molar-refractivity contribution in [1.29, 1.82) is 0 Å². The number of nitrogens with zero attached hydrogens (tertiary/aromatic N) is 1. The van der Waals surface area contributed by atoms with Gasteiger partial charge in [-0.3, -0.25) is 9.69 Å². The summed E-state index contributed by atoms with van der Waals surface area (Å²) in [5.74, 6) is -0.141. The van der Waals surface area contributed by atoms with Crippen LogP contribution in [0, 0.1) is 0 Å². The standard InChI is InChI=1S/C13H16N2O3/c1-10-12(16)14-7-8-15(10)13(17)18-9-11-5-3-2-4-6-11/h2-6,10H,7-9H2,1H3,(H,14,16)/t10-/m1/s1. The van der Waals surface area contributed by atoms with Crippen molar-refractivity contribution in [2.24, 2.45) is 0 Å². The van der Waals surface area contributed by atoms with Gasteiger partial charge in [0.15, 0.2) is 0 Å². The van der Waals surface area contributed by atoms with E-state index in [9.17, 15) is 9.59 Å². The molecule has 1 heterocycles. The summed E-state index contributed by atoms with van der Waals surface area (Å²) in [5, 5.41) is 2.70. The number of carbonyl (C=O) groups is 2. The average Bonchev–Trinajstić information content (AvgIpc) is 2.40. The van der Waals surface area contributed by atoms with E-state index in [4.69, 9.17) is 4.74 Å². The van der Waals surface area contributed by atoms with Crippen LogP contribution >= 0.6 is 0 Å². The quantitative estimate of drug-likeness (QED) is 0.854. The van der Waals surface area contributed by atoms with Crippen LogP contribution in [0.5, 0.6) is 0 Å². The normalized spacial score (nSPS) is 19.3. The number of ether oxygens (including phenoxy) is 1. The minimum absolute atomic E-state index is 0.141. The monoisotopic (exact) mass is 248 g/mol. The molecule has 1 atom stereocenters. The number of hydrogen-bond acceptors (Lipinski definition) is 3. The van der Waals surface area contributed by atoms with Gasteiger partial charge in [0.2, 0.25) is 5.91 Å². The molecule has 1 N–H and O–H groups in total. The zero-order chi connectivity index (χ0) is 13.0. The molecule has 1 aliphatic heterocycles. The first-order valence-electron chi connectivity index (χ1n) is 5.93. The molecular formula is C13H16N2O3. The zero-order valence-electron chi connectivity index (χ0n) is 10.3. The van der Waals surface area contributed by atoms with Crippen LogP contribution in [0.3, 0.4) is 0 Å². The molecule has 1 saturated heterocycles. The van der Waals surface area contributed by atoms with E-state index in [1.54, 1.807) is 6.92 Å². The molecular weight excluding hydrogens is 232 g/mol.